The van der Waals surface area contributed by atoms with Gasteiger partial charge in [-0.25, -0.2) is 4.98 Å². The molecular formula is C11H20N2OS. The number of thiazole rings is 1. The van der Waals surface area contributed by atoms with E-state index in [9.17, 15) is 0 Å². The number of methoxy groups -OCH3 is 1. The number of hydrogen-bond acceptors (Lipinski definition) is 4. The first-order valence-electron chi connectivity index (χ1n) is 5.43. The average molecular weight is 228 g/mol. The van der Waals surface area contributed by atoms with Gasteiger partial charge in [0.25, 0.3) is 0 Å². The molecule has 0 aliphatic rings. The normalized spacial score (nSPS) is 10.8. The standard InChI is InChI=1S/C11H20N2OS/c1-10-9-15-11(13-10)8-12-6-4-3-5-7-14-2/h9,12H,3-8H2,1-2H3. The summed E-state index contributed by atoms with van der Waals surface area (Å²) in [4.78, 5) is 4.39. The quantitative estimate of drug-likeness (QED) is 0.694. The summed E-state index contributed by atoms with van der Waals surface area (Å²) < 4.78 is 4.99. The molecule has 4 heteroatoms. The maximum absolute atomic E-state index is 4.99. The van der Waals surface area contributed by atoms with Crippen LogP contribution in [0.15, 0.2) is 5.38 Å². The molecule has 15 heavy (non-hydrogen) atoms. The zero-order valence-electron chi connectivity index (χ0n) is 9.58. The Morgan fingerprint density at radius 2 is 2.27 bits per heavy atom. The maximum Gasteiger partial charge on any atom is 0.107 e. The predicted octanol–water partition coefficient (Wildman–Crippen LogP) is 2.36. The van der Waals surface area contributed by atoms with Gasteiger partial charge in [-0.3, -0.25) is 0 Å². The first-order valence-corrected chi connectivity index (χ1v) is 6.31. The van der Waals surface area contributed by atoms with E-state index >= 15 is 0 Å². The van der Waals surface area contributed by atoms with Gasteiger partial charge in [-0.1, -0.05) is 0 Å². The van der Waals surface area contributed by atoms with Crippen molar-refractivity contribution < 1.29 is 4.74 Å². The van der Waals surface area contributed by atoms with Crippen molar-refractivity contribution in [2.75, 3.05) is 20.3 Å². The van der Waals surface area contributed by atoms with Crippen molar-refractivity contribution >= 4 is 11.3 Å². The molecular weight excluding hydrogens is 208 g/mol. The molecule has 0 radical (unpaired) electrons. The fraction of sp³-hybridized carbons (Fsp3) is 0.727. The molecule has 1 aromatic heterocycles. The average Bonchev–Trinajstić information content (AvgIpc) is 2.63. The fourth-order valence-electron chi connectivity index (χ4n) is 1.35. The van der Waals surface area contributed by atoms with Gasteiger partial charge in [0.05, 0.1) is 0 Å². The molecule has 0 aliphatic carbocycles. The van der Waals surface area contributed by atoms with Gasteiger partial charge in [0.1, 0.15) is 5.01 Å². The smallest absolute Gasteiger partial charge is 0.107 e. The molecule has 1 N–H and O–H groups in total. The predicted molar refractivity (Wildman–Crippen MR) is 64.3 cm³/mol. The van der Waals surface area contributed by atoms with Crippen LogP contribution in [0.4, 0.5) is 0 Å². The Hall–Kier alpha value is -0.450. The summed E-state index contributed by atoms with van der Waals surface area (Å²) in [6.07, 6.45) is 3.61. The number of aryl methyl sites for hydroxylation is 1. The number of nitrogens with zero attached hydrogens (tertiary/aromatic N) is 1. The Labute approximate surface area is 95.9 Å². The highest BCUT2D eigenvalue weighted by molar-refractivity contribution is 7.09. The molecule has 0 saturated carbocycles. The van der Waals surface area contributed by atoms with Gasteiger partial charge in [0, 0.05) is 31.3 Å². The number of nitrogens with one attached hydrogen (secondary N) is 1. The SMILES string of the molecule is COCCCCCNCc1nc(C)cs1. The molecule has 0 unspecified atom stereocenters. The lowest BCUT2D eigenvalue weighted by Crippen LogP contribution is -2.14. The number of hydrogen-bond donors (Lipinski definition) is 1. The Morgan fingerprint density at radius 1 is 1.40 bits per heavy atom. The lowest BCUT2D eigenvalue weighted by molar-refractivity contribution is 0.192. The first-order chi connectivity index (χ1) is 7.33. The van der Waals surface area contributed by atoms with Crippen molar-refractivity contribution in [3.05, 3.63) is 16.1 Å². The Kier molecular flexibility index (Phi) is 6.55. The zero-order chi connectivity index (χ0) is 10.9. The second kappa shape index (κ2) is 7.79. The Bertz CT molecular complexity index is 263. The first kappa shape index (κ1) is 12.6. The van der Waals surface area contributed by atoms with Crippen molar-refractivity contribution in [2.45, 2.75) is 32.7 Å². The summed E-state index contributed by atoms with van der Waals surface area (Å²) in [6.45, 7) is 4.89. The highest BCUT2D eigenvalue weighted by atomic mass is 32.1. The molecule has 0 aliphatic heterocycles. The highest BCUT2D eigenvalue weighted by Gasteiger charge is 1.97. The Morgan fingerprint density at radius 3 is 2.93 bits per heavy atom. The molecule has 0 spiro atoms. The van der Waals surface area contributed by atoms with Crippen LogP contribution in [0, 0.1) is 6.92 Å². The molecule has 1 rings (SSSR count). The molecule has 3 nitrogen and oxygen atoms in total. The van der Waals surface area contributed by atoms with Gasteiger partial charge >= 0.3 is 0 Å². The van der Waals surface area contributed by atoms with Crippen LogP contribution in [0.3, 0.4) is 0 Å². The van der Waals surface area contributed by atoms with Crippen molar-refractivity contribution in [1.29, 1.82) is 0 Å². The van der Waals surface area contributed by atoms with Crippen LogP contribution in [0.2, 0.25) is 0 Å². The molecule has 0 amide bonds. The second-order valence-electron chi connectivity index (χ2n) is 3.61. The van der Waals surface area contributed by atoms with Crippen molar-refractivity contribution in [2.24, 2.45) is 0 Å². The minimum atomic E-state index is 0.881. The van der Waals surface area contributed by atoms with E-state index in [1.54, 1.807) is 18.4 Å². The second-order valence-corrected chi connectivity index (χ2v) is 4.56. The van der Waals surface area contributed by atoms with Crippen LogP contribution in [0.5, 0.6) is 0 Å². The molecule has 1 aromatic rings. The van der Waals surface area contributed by atoms with Gasteiger partial charge in [0.15, 0.2) is 0 Å². The van der Waals surface area contributed by atoms with Gasteiger partial charge in [0.2, 0.25) is 0 Å². The van der Waals surface area contributed by atoms with Crippen LogP contribution >= 0.6 is 11.3 Å². The van der Waals surface area contributed by atoms with E-state index in [1.807, 2.05) is 6.92 Å². The topological polar surface area (TPSA) is 34.1 Å². The van der Waals surface area contributed by atoms with E-state index in [4.69, 9.17) is 4.74 Å². The van der Waals surface area contributed by atoms with Gasteiger partial charge in [-0.15, -0.1) is 11.3 Å². The summed E-state index contributed by atoms with van der Waals surface area (Å²) in [7, 11) is 1.75. The monoisotopic (exact) mass is 228 g/mol. The lowest BCUT2D eigenvalue weighted by atomic mass is 10.2. The Balaban J connectivity index is 1.93. The van der Waals surface area contributed by atoms with Gasteiger partial charge in [-0.05, 0) is 32.7 Å². The molecule has 0 saturated heterocycles. The van der Waals surface area contributed by atoms with Crippen LogP contribution < -0.4 is 5.32 Å². The minimum absolute atomic E-state index is 0.881. The van der Waals surface area contributed by atoms with Crippen molar-refractivity contribution in [3.63, 3.8) is 0 Å². The van der Waals surface area contributed by atoms with E-state index in [0.717, 1.165) is 31.8 Å². The molecule has 0 fully saturated rings. The number of ether oxygens (including phenoxy) is 1. The highest BCUT2D eigenvalue weighted by Crippen LogP contribution is 2.07. The van der Waals surface area contributed by atoms with E-state index < -0.39 is 0 Å². The van der Waals surface area contributed by atoms with Crippen LogP contribution in [-0.2, 0) is 11.3 Å². The maximum atomic E-state index is 4.99. The van der Waals surface area contributed by atoms with Crippen molar-refractivity contribution in [1.82, 2.24) is 10.3 Å². The third-order valence-electron chi connectivity index (χ3n) is 2.14. The third kappa shape index (κ3) is 5.87. The molecule has 86 valence electrons. The molecule has 0 bridgehead atoms. The summed E-state index contributed by atoms with van der Waals surface area (Å²) in [5.41, 5.74) is 1.12. The summed E-state index contributed by atoms with van der Waals surface area (Å²) in [5, 5.41) is 6.68. The summed E-state index contributed by atoms with van der Waals surface area (Å²) in [5.74, 6) is 0. The number of unbranched alkanes of at least 4 members (excludes halogenated alkanes) is 2. The van der Waals surface area contributed by atoms with Crippen molar-refractivity contribution in [3.8, 4) is 0 Å². The lowest BCUT2D eigenvalue weighted by Gasteiger charge is -2.02. The fourth-order valence-corrected chi connectivity index (χ4v) is 2.09. The van der Waals surface area contributed by atoms with Crippen LogP contribution in [-0.4, -0.2) is 25.2 Å². The van der Waals surface area contributed by atoms with E-state index in [1.165, 1.54) is 17.8 Å². The third-order valence-corrected chi connectivity index (χ3v) is 3.11. The number of aromatic nitrogens is 1. The van der Waals surface area contributed by atoms with E-state index in [0.29, 0.717) is 0 Å². The zero-order valence-corrected chi connectivity index (χ0v) is 10.4. The molecule has 1 heterocycles. The van der Waals surface area contributed by atoms with E-state index in [-0.39, 0.29) is 0 Å². The van der Waals surface area contributed by atoms with Crippen LogP contribution in [0.1, 0.15) is 30.0 Å². The largest absolute Gasteiger partial charge is 0.385 e. The summed E-state index contributed by atoms with van der Waals surface area (Å²) in [6, 6.07) is 0. The summed E-state index contributed by atoms with van der Waals surface area (Å²) >= 11 is 1.73. The minimum Gasteiger partial charge on any atom is -0.385 e. The van der Waals surface area contributed by atoms with E-state index in [2.05, 4.69) is 15.7 Å². The van der Waals surface area contributed by atoms with Gasteiger partial charge in [-0.2, -0.15) is 0 Å². The number of rotatable bonds is 8. The molecule has 0 atom stereocenters. The molecule has 0 aromatic carbocycles. The van der Waals surface area contributed by atoms with Crippen LogP contribution in [0.25, 0.3) is 0 Å². The van der Waals surface area contributed by atoms with Gasteiger partial charge < -0.3 is 10.1 Å².